The SMILES string of the molecule is C=CN1C=CCN=N1. The number of rotatable bonds is 1. The number of hydrogen-bond acceptors (Lipinski definition) is 3. The maximum absolute atomic E-state index is 3.72. The van der Waals surface area contributed by atoms with Gasteiger partial charge in [-0.2, -0.15) is 5.11 Å². The van der Waals surface area contributed by atoms with Crippen molar-refractivity contribution in [2.75, 3.05) is 6.54 Å². The fourth-order valence-corrected chi connectivity index (χ4v) is 0.439. The molecule has 0 aliphatic carbocycles. The van der Waals surface area contributed by atoms with E-state index in [2.05, 4.69) is 16.9 Å². The van der Waals surface area contributed by atoms with Gasteiger partial charge in [0, 0.05) is 12.4 Å². The Morgan fingerprint density at radius 1 is 1.75 bits per heavy atom. The lowest BCUT2D eigenvalue weighted by Gasteiger charge is -2.06. The van der Waals surface area contributed by atoms with Gasteiger partial charge in [-0.15, -0.1) is 0 Å². The molecule has 8 heavy (non-hydrogen) atoms. The Balaban J connectivity index is 2.54. The van der Waals surface area contributed by atoms with Crippen molar-refractivity contribution >= 4 is 0 Å². The minimum absolute atomic E-state index is 0.685. The van der Waals surface area contributed by atoms with E-state index in [4.69, 9.17) is 0 Å². The first kappa shape index (κ1) is 5.03. The highest BCUT2D eigenvalue weighted by Gasteiger charge is 1.89. The van der Waals surface area contributed by atoms with Crippen LogP contribution in [0.4, 0.5) is 0 Å². The predicted octanol–water partition coefficient (Wildman–Crippen LogP) is 1.33. The van der Waals surface area contributed by atoms with Crippen LogP contribution in [-0.4, -0.2) is 11.6 Å². The van der Waals surface area contributed by atoms with Crippen LogP contribution < -0.4 is 0 Å². The van der Waals surface area contributed by atoms with Gasteiger partial charge in [0.25, 0.3) is 0 Å². The Kier molecular flexibility index (Phi) is 1.42. The highest BCUT2D eigenvalue weighted by atomic mass is 15.5. The van der Waals surface area contributed by atoms with Crippen molar-refractivity contribution in [1.29, 1.82) is 0 Å². The summed E-state index contributed by atoms with van der Waals surface area (Å²) in [7, 11) is 0. The number of nitrogens with zero attached hydrogens (tertiary/aromatic N) is 3. The summed E-state index contributed by atoms with van der Waals surface area (Å²) in [6.45, 7) is 4.19. The van der Waals surface area contributed by atoms with Crippen molar-refractivity contribution in [2.45, 2.75) is 0 Å². The third kappa shape index (κ3) is 0.932. The summed E-state index contributed by atoms with van der Waals surface area (Å²) in [6, 6.07) is 0. The zero-order valence-electron chi connectivity index (χ0n) is 4.49. The van der Waals surface area contributed by atoms with E-state index in [1.165, 1.54) is 0 Å². The van der Waals surface area contributed by atoms with Crippen molar-refractivity contribution in [3.63, 3.8) is 0 Å². The highest BCUT2D eigenvalue weighted by molar-refractivity contribution is 4.89. The van der Waals surface area contributed by atoms with E-state index in [-0.39, 0.29) is 0 Å². The molecule has 3 nitrogen and oxygen atoms in total. The van der Waals surface area contributed by atoms with Crippen LogP contribution in [0, 0.1) is 0 Å². The third-order valence-corrected chi connectivity index (χ3v) is 0.799. The molecule has 0 N–H and O–H groups in total. The van der Waals surface area contributed by atoms with Crippen LogP contribution in [0.1, 0.15) is 0 Å². The zero-order valence-corrected chi connectivity index (χ0v) is 4.49. The van der Waals surface area contributed by atoms with Crippen molar-refractivity contribution < 1.29 is 0 Å². The lowest BCUT2D eigenvalue weighted by atomic mass is 10.6. The van der Waals surface area contributed by atoms with Crippen LogP contribution in [0.3, 0.4) is 0 Å². The summed E-state index contributed by atoms with van der Waals surface area (Å²) in [5.74, 6) is 0. The predicted molar refractivity (Wildman–Crippen MR) is 30.9 cm³/mol. The second-order valence-corrected chi connectivity index (χ2v) is 1.36. The second kappa shape index (κ2) is 2.26. The summed E-state index contributed by atoms with van der Waals surface area (Å²) in [5, 5.41) is 8.98. The van der Waals surface area contributed by atoms with E-state index in [1.54, 1.807) is 11.2 Å². The first-order chi connectivity index (χ1) is 3.93. The highest BCUT2D eigenvalue weighted by Crippen LogP contribution is 1.97. The molecule has 0 atom stereocenters. The van der Waals surface area contributed by atoms with Crippen molar-refractivity contribution in [1.82, 2.24) is 5.01 Å². The van der Waals surface area contributed by atoms with Crippen LogP contribution in [-0.2, 0) is 0 Å². The van der Waals surface area contributed by atoms with Gasteiger partial charge in [-0.25, -0.2) is 5.01 Å². The molecule has 0 fully saturated rings. The normalized spacial score (nSPS) is 16.8. The average Bonchev–Trinajstić information content (AvgIpc) is 1.90. The van der Waals surface area contributed by atoms with Crippen molar-refractivity contribution in [3.05, 3.63) is 25.1 Å². The van der Waals surface area contributed by atoms with Gasteiger partial charge in [0.05, 0.1) is 6.54 Å². The van der Waals surface area contributed by atoms with Crippen LogP contribution >= 0.6 is 0 Å². The minimum Gasteiger partial charge on any atom is -0.231 e. The maximum Gasteiger partial charge on any atom is 0.0819 e. The van der Waals surface area contributed by atoms with Gasteiger partial charge in [-0.05, 0) is 6.08 Å². The zero-order chi connectivity index (χ0) is 5.82. The molecule has 0 aromatic heterocycles. The molecular formula is C5H7N3. The molecule has 0 radical (unpaired) electrons. The second-order valence-electron chi connectivity index (χ2n) is 1.36. The van der Waals surface area contributed by atoms with Gasteiger partial charge in [0.15, 0.2) is 0 Å². The Hall–Kier alpha value is -1.12. The Morgan fingerprint density at radius 2 is 2.62 bits per heavy atom. The fourth-order valence-electron chi connectivity index (χ4n) is 0.439. The molecule has 1 aliphatic rings. The standard InChI is InChI=1S/C5H7N3/c1-2-8-5-3-4-6-7-8/h2-3,5H,1,4H2. The van der Waals surface area contributed by atoms with Crippen LogP contribution in [0.15, 0.2) is 35.4 Å². The van der Waals surface area contributed by atoms with E-state index in [0.29, 0.717) is 6.54 Å². The summed E-state index contributed by atoms with van der Waals surface area (Å²) in [5.41, 5.74) is 0. The summed E-state index contributed by atoms with van der Waals surface area (Å²) in [6.07, 6.45) is 5.33. The molecular weight excluding hydrogens is 102 g/mol. The molecule has 0 amide bonds. The molecule has 0 saturated carbocycles. The van der Waals surface area contributed by atoms with Gasteiger partial charge >= 0.3 is 0 Å². The lowest BCUT2D eigenvalue weighted by Crippen LogP contribution is -2.01. The molecule has 42 valence electrons. The van der Waals surface area contributed by atoms with E-state index in [1.807, 2.05) is 12.3 Å². The van der Waals surface area contributed by atoms with Crippen LogP contribution in [0.2, 0.25) is 0 Å². The van der Waals surface area contributed by atoms with Crippen LogP contribution in [0.5, 0.6) is 0 Å². The van der Waals surface area contributed by atoms with Gasteiger partial charge in [0.1, 0.15) is 0 Å². The molecule has 0 aromatic rings. The molecule has 0 unspecified atom stereocenters. The monoisotopic (exact) mass is 109 g/mol. The summed E-state index contributed by atoms with van der Waals surface area (Å²) < 4.78 is 0. The summed E-state index contributed by atoms with van der Waals surface area (Å²) in [4.78, 5) is 0. The molecule has 0 spiro atoms. The Morgan fingerprint density at radius 3 is 3.00 bits per heavy atom. The average molecular weight is 109 g/mol. The van der Waals surface area contributed by atoms with E-state index in [0.717, 1.165) is 0 Å². The van der Waals surface area contributed by atoms with E-state index in [9.17, 15) is 0 Å². The summed E-state index contributed by atoms with van der Waals surface area (Å²) >= 11 is 0. The first-order valence-electron chi connectivity index (χ1n) is 2.38. The molecule has 1 rings (SSSR count). The molecule has 3 heteroatoms. The minimum atomic E-state index is 0.685. The van der Waals surface area contributed by atoms with Gasteiger partial charge in [-0.3, -0.25) is 0 Å². The molecule has 0 saturated heterocycles. The quantitative estimate of drug-likeness (QED) is 0.499. The molecule has 1 aliphatic heterocycles. The van der Waals surface area contributed by atoms with Crippen molar-refractivity contribution in [3.8, 4) is 0 Å². The van der Waals surface area contributed by atoms with Gasteiger partial charge in [-0.1, -0.05) is 11.8 Å². The smallest absolute Gasteiger partial charge is 0.0819 e. The molecule has 0 aromatic carbocycles. The number of hydrogen-bond donors (Lipinski definition) is 0. The van der Waals surface area contributed by atoms with Crippen LogP contribution in [0.25, 0.3) is 0 Å². The van der Waals surface area contributed by atoms with Gasteiger partial charge in [0.2, 0.25) is 0 Å². The Labute approximate surface area is 48.0 Å². The fraction of sp³-hybridized carbons (Fsp3) is 0.200. The molecule has 0 bridgehead atoms. The Bertz CT molecular complexity index is 125. The topological polar surface area (TPSA) is 28.0 Å². The van der Waals surface area contributed by atoms with Gasteiger partial charge < -0.3 is 0 Å². The van der Waals surface area contributed by atoms with Crippen molar-refractivity contribution in [2.24, 2.45) is 10.3 Å². The molecule has 1 heterocycles. The largest absolute Gasteiger partial charge is 0.231 e. The lowest BCUT2D eigenvalue weighted by molar-refractivity contribution is 0.483. The third-order valence-electron chi connectivity index (χ3n) is 0.799. The maximum atomic E-state index is 3.72. The van der Waals surface area contributed by atoms with E-state index >= 15 is 0 Å². The van der Waals surface area contributed by atoms with E-state index < -0.39 is 0 Å². The first-order valence-corrected chi connectivity index (χ1v) is 2.38.